The molecule has 0 aliphatic carbocycles. The van der Waals surface area contributed by atoms with E-state index in [1.807, 2.05) is 29.1 Å². The molecule has 7 heteroatoms. The lowest BCUT2D eigenvalue weighted by molar-refractivity contribution is 0.414. The molecule has 2 aromatic rings. The second kappa shape index (κ2) is 12.6. The summed E-state index contributed by atoms with van der Waals surface area (Å²) >= 11 is 0. The van der Waals surface area contributed by atoms with Gasteiger partial charge in [-0.05, 0) is 43.0 Å². The van der Waals surface area contributed by atoms with Crippen LogP contribution < -0.4 is 15.4 Å². The van der Waals surface area contributed by atoms with Gasteiger partial charge in [0.15, 0.2) is 5.96 Å². The third-order valence-corrected chi connectivity index (χ3v) is 3.83. The zero-order chi connectivity index (χ0) is 17.9. The minimum atomic E-state index is 0. The van der Waals surface area contributed by atoms with E-state index < -0.39 is 0 Å². The number of halogens is 1. The Hall–Kier alpha value is -1.77. The van der Waals surface area contributed by atoms with Gasteiger partial charge in [-0.15, -0.1) is 24.0 Å². The highest BCUT2D eigenvalue weighted by Crippen LogP contribution is 2.11. The van der Waals surface area contributed by atoms with E-state index in [9.17, 15) is 0 Å². The third-order valence-electron chi connectivity index (χ3n) is 3.83. The monoisotopic (exact) mass is 471 g/mol. The predicted molar refractivity (Wildman–Crippen MR) is 117 cm³/mol. The van der Waals surface area contributed by atoms with Crippen LogP contribution in [-0.4, -0.2) is 42.5 Å². The van der Waals surface area contributed by atoms with Crippen molar-refractivity contribution in [3.63, 3.8) is 0 Å². The Kier molecular flexibility index (Phi) is 10.8. The second-order valence-electron chi connectivity index (χ2n) is 6.08. The van der Waals surface area contributed by atoms with E-state index >= 15 is 0 Å². The molecular formula is C19H30IN5O. The quantitative estimate of drug-likeness (QED) is 0.336. The summed E-state index contributed by atoms with van der Waals surface area (Å²) < 4.78 is 7.13. The van der Waals surface area contributed by atoms with Gasteiger partial charge in [-0.3, -0.25) is 9.67 Å². The van der Waals surface area contributed by atoms with Crippen LogP contribution in [0.25, 0.3) is 0 Å². The van der Waals surface area contributed by atoms with E-state index in [2.05, 4.69) is 46.7 Å². The molecule has 0 spiro atoms. The van der Waals surface area contributed by atoms with Gasteiger partial charge in [-0.2, -0.15) is 5.10 Å². The summed E-state index contributed by atoms with van der Waals surface area (Å²) in [5, 5.41) is 10.9. The molecule has 1 aromatic carbocycles. The summed E-state index contributed by atoms with van der Waals surface area (Å²) in [5.74, 6) is 2.18. The molecular weight excluding hydrogens is 441 g/mol. The Labute approximate surface area is 173 Å². The number of guanidine groups is 1. The lowest BCUT2D eigenvalue weighted by Crippen LogP contribution is -2.38. The summed E-state index contributed by atoms with van der Waals surface area (Å²) in [7, 11) is 1.68. The number of ether oxygens (including phenoxy) is 1. The van der Waals surface area contributed by atoms with Gasteiger partial charge in [-0.1, -0.05) is 19.1 Å². The predicted octanol–water partition coefficient (Wildman–Crippen LogP) is 2.94. The zero-order valence-corrected chi connectivity index (χ0v) is 18.1. The Bertz CT molecular complexity index is 628. The van der Waals surface area contributed by atoms with E-state index in [0.29, 0.717) is 5.92 Å². The molecule has 1 unspecified atom stereocenters. The van der Waals surface area contributed by atoms with Crippen molar-refractivity contribution in [2.75, 3.05) is 26.7 Å². The van der Waals surface area contributed by atoms with Crippen LogP contribution in [0.4, 0.5) is 0 Å². The first-order chi connectivity index (χ1) is 12.2. The summed E-state index contributed by atoms with van der Waals surface area (Å²) in [6.45, 7) is 7.59. The number of nitrogens with zero attached hydrogens (tertiary/aromatic N) is 3. The standard InChI is InChI=1S/C19H29N5O.HI/c1-4-20-19(22-14-16(2)15-24-13-5-11-23-24)21-12-10-17-6-8-18(25-3)9-7-17;/h5-9,11,13,16H,4,10,12,14-15H2,1-3H3,(H2,20,21,22);1H. The van der Waals surface area contributed by atoms with Gasteiger partial charge in [0, 0.05) is 38.6 Å². The van der Waals surface area contributed by atoms with Gasteiger partial charge in [-0.25, -0.2) is 0 Å². The van der Waals surface area contributed by atoms with E-state index in [0.717, 1.165) is 44.3 Å². The number of benzene rings is 1. The number of nitrogens with one attached hydrogen (secondary N) is 2. The largest absolute Gasteiger partial charge is 0.497 e. The minimum absolute atomic E-state index is 0. The number of hydrogen-bond acceptors (Lipinski definition) is 3. The van der Waals surface area contributed by atoms with Crippen molar-refractivity contribution >= 4 is 29.9 Å². The molecule has 1 heterocycles. The molecule has 2 rings (SSSR count). The second-order valence-corrected chi connectivity index (χ2v) is 6.08. The van der Waals surface area contributed by atoms with Gasteiger partial charge in [0.05, 0.1) is 7.11 Å². The summed E-state index contributed by atoms with van der Waals surface area (Å²) in [4.78, 5) is 4.69. The van der Waals surface area contributed by atoms with Crippen molar-refractivity contribution in [3.8, 4) is 5.75 Å². The fraction of sp³-hybridized carbons (Fsp3) is 0.474. The highest BCUT2D eigenvalue weighted by atomic mass is 127. The number of hydrogen-bond donors (Lipinski definition) is 2. The van der Waals surface area contributed by atoms with Crippen LogP contribution >= 0.6 is 24.0 Å². The molecule has 0 saturated carbocycles. The van der Waals surface area contributed by atoms with E-state index in [1.54, 1.807) is 13.3 Å². The lowest BCUT2D eigenvalue weighted by Gasteiger charge is -2.14. The van der Waals surface area contributed by atoms with Gasteiger partial charge in [0.1, 0.15) is 5.75 Å². The van der Waals surface area contributed by atoms with Crippen molar-refractivity contribution in [1.29, 1.82) is 0 Å². The zero-order valence-electron chi connectivity index (χ0n) is 15.8. The molecule has 0 fully saturated rings. The Morgan fingerprint density at radius 1 is 1.27 bits per heavy atom. The van der Waals surface area contributed by atoms with Gasteiger partial charge >= 0.3 is 0 Å². The highest BCUT2D eigenvalue weighted by molar-refractivity contribution is 14.0. The van der Waals surface area contributed by atoms with Crippen molar-refractivity contribution in [1.82, 2.24) is 20.4 Å². The first kappa shape index (κ1) is 22.3. The van der Waals surface area contributed by atoms with E-state index in [-0.39, 0.29) is 24.0 Å². The maximum absolute atomic E-state index is 5.18. The molecule has 0 aliphatic heterocycles. The molecule has 2 N–H and O–H groups in total. The summed E-state index contributed by atoms with van der Waals surface area (Å²) in [5.41, 5.74) is 1.27. The van der Waals surface area contributed by atoms with Crippen LogP contribution in [0.5, 0.6) is 5.75 Å². The molecule has 0 aliphatic rings. The van der Waals surface area contributed by atoms with Gasteiger partial charge < -0.3 is 15.4 Å². The summed E-state index contributed by atoms with van der Waals surface area (Å²) in [6, 6.07) is 10.1. The molecule has 26 heavy (non-hydrogen) atoms. The lowest BCUT2D eigenvalue weighted by atomic mass is 10.1. The molecule has 1 atom stereocenters. The Balaban J connectivity index is 0.00000338. The third kappa shape index (κ3) is 8.07. The number of aliphatic imine (C=N–C) groups is 1. The number of methoxy groups -OCH3 is 1. The molecule has 0 radical (unpaired) electrons. The first-order valence-electron chi connectivity index (χ1n) is 8.83. The number of aromatic nitrogens is 2. The van der Waals surface area contributed by atoms with Crippen molar-refractivity contribution in [2.45, 2.75) is 26.8 Å². The van der Waals surface area contributed by atoms with E-state index in [1.165, 1.54) is 5.56 Å². The fourth-order valence-electron chi connectivity index (χ4n) is 2.49. The SMILES string of the molecule is CCNC(=NCC(C)Cn1cccn1)NCCc1ccc(OC)cc1.I. The Morgan fingerprint density at radius 3 is 2.65 bits per heavy atom. The highest BCUT2D eigenvalue weighted by Gasteiger charge is 2.04. The fourth-order valence-corrected chi connectivity index (χ4v) is 2.49. The Morgan fingerprint density at radius 2 is 2.04 bits per heavy atom. The first-order valence-corrected chi connectivity index (χ1v) is 8.83. The van der Waals surface area contributed by atoms with Crippen molar-refractivity contribution in [2.24, 2.45) is 10.9 Å². The molecule has 144 valence electrons. The number of rotatable bonds is 9. The van der Waals surface area contributed by atoms with Crippen LogP contribution in [0.15, 0.2) is 47.7 Å². The van der Waals surface area contributed by atoms with Crippen molar-refractivity contribution < 1.29 is 4.74 Å². The van der Waals surface area contributed by atoms with Crippen LogP contribution in [0.1, 0.15) is 19.4 Å². The normalized spacial score (nSPS) is 12.2. The minimum Gasteiger partial charge on any atom is -0.497 e. The molecule has 0 saturated heterocycles. The molecule has 1 aromatic heterocycles. The average molecular weight is 471 g/mol. The maximum atomic E-state index is 5.18. The smallest absolute Gasteiger partial charge is 0.191 e. The van der Waals surface area contributed by atoms with Gasteiger partial charge in [0.25, 0.3) is 0 Å². The van der Waals surface area contributed by atoms with Crippen LogP contribution in [-0.2, 0) is 13.0 Å². The van der Waals surface area contributed by atoms with Crippen molar-refractivity contribution in [3.05, 3.63) is 48.3 Å². The average Bonchev–Trinajstić information content (AvgIpc) is 3.13. The topological polar surface area (TPSA) is 63.5 Å². The van der Waals surface area contributed by atoms with Crippen LogP contribution in [0, 0.1) is 5.92 Å². The van der Waals surface area contributed by atoms with Crippen LogP contribution in [0.2, 0.25) is 0 Å². The molecule has 0 amide bonds. The van der Waals surface area contributed by atoms with E-state index in [4.69, 9.17) is 4.74 Å². The molecule has 6 nitrogen and oxygen atoms in total. The summed E-state index contributed by atoms with van der Waals surface area (Å²) in [6.07, 6.45) is 4.73. The van der Waals surface area contributed by atoms with Crippen LogP contribution in [0.3, 0.4) is 0 Å². The van der Waals surface area contributed by atoms with Gasteiger partial charge in [0.2, 0.25) is 0 Å². The maximum Gasteiger partial charge on any atom is 0.191 e. The molecule has 0 bridgehead atoms.